The summed E-state index contributed by atoms with van der Waals surface area (Å²) in [5, 5.41) is 9.64. The maximum Gasteiger partial charge on any atom is 0.362 e. The molecule has 0 aliphatic carbocycles. The van der Waals surface area contributed by atoms with Gasteiger partial charge in [-0.05, 0) is 77.0 Å². The van der Waals surface area contributed by atoms with Crippen molar-refractivity contribution in [1.29, 1.82) is 0 Å². The average molecular weight is 857 g/mol. The molecule has 2 atom stereocenters. The van der Waals surface area contributed by atoms with Crippen LogP contribution in [-0.2, 0) is 28.6 Å². The topological polar surface area (TPSA) is 99.1 Å². The van der Waals surface area contributed by atoms with E-state index in [1.165, 1.54) is 122 Å². The van der Waals surface area contributed by atoms with E-state index in [-0.39, 0.29) is 42.7 Å². The molecule has 8 heteroatoms. The van der Waals surface area contributed by atoms with Gasteiger partial charge in [-0.3, -0.25) is 9.59 Å². The van der Waals surface area contributed by atoms with Crippen LogP contribution >= 0.6 is 0 Å². The second kappa shape index (κ2) is 43.7. The Morgan fingerprint density at radius 1 is 0.492 bits per heavy atom. The highest BCUT2D eigenvalue weighted by molar-refractivity contribution is 5.72. The smallest absolute Gasteiger partial charge is 0.362 e. The first-order valence-electron chi connectivity index (χ1n) is 24.8. The molecule has 0 aliphatic heterocycles. The molecule has 0 bridgehead atoms. The molecule has 0 aromatic carbocycles. The second-order valence-electron chi connectivity index (χ2n) is 17.7. The summed E-state index contributed by atoms with van der Waals surface area (Å²) in [5.41, 5.74) is 0. The maximum absolute atomic E-state index is 12.8. The van der Waals surface area contributed by atoms with Crippen molar-refractivity contribution in [1.82, 2.24) is 0 Å². The number of likely N-dealkylation sites (N-methyl/N-ethyl adjacent to an activating group) is 1. The van der Waals surface area contributed by atoms with E-state index in [4.69, 9.17) is 14.2 Å². The third kappa shape index (κ3) is 42.1. The van der Waals surface area contributed by atoms with Crippen molar-refractivity contribution in [3.8, 4) is 0 Å². The minimum absolute atomic E-state index is 0.0408. The maximum atomic E-state index is 12.8. The van der Waals surface area contributed by atoms with Gasteiger partial charge in [0.1, 0.15) is 6.61 Å². The molecular weight excluding hydrogens is 763 g/mol. The van der Waals surface area contributed by atoms with E-state index in [9.17, 15) is 19.5 Å². The van der Waals surface area contributed by atoms with Crippen LogP contribution < -0.4 is 0 Å². The van der Waals surface area contributed by atoms with Gasteiger partial charge in [0.2, 0.25) is 0 Å². The Hall–Kier alpha value is -2.97. The predicted molar refractivity (Wildman–Crippen MR) is 257 cm³/mol. The highest BCUT2D eigenvalue weighted by Gasteiger charge is 2.31. The number of hydrogen-bond acceptors (Lipinski definition) is 6. The van der Waals surface area contributed by atoms with Gasteiger partial charge < -0.3 is 23.8 Å². The number of esters is 2. The van der Waals surface area contributed by atoms with Gasteiger partial charge in [0.15, 0.2) is 12.1 Å². The number of carboxylic acids is 1. The Balaban J connectivity index is 4.36. The summed E-state index contributed by atoms with van der Waals surface area (Å²) in [7, 11) is 5.51. The lowest BCUT2D eigenvalue weighted by atomic mass is 10.1. The van der Waals surface area contributed by atoms with Crippen molar-refractivity contribution in [2.75, 3.05) is 41.0 Å². The minimum Gasteiger partial charge on any atom is -0.477 e. The Kier molecular flexibility index (Phi) is 41.5. The normalized spacial score (nSPS) is 13.4. The van der Waals surface area contributed by atoms with E-state index in [1.54, 1.807) is 0 Å². The van der Waals surface area contributed by atoms with Gasteiger partial charge >= 0.3 is 17.9 Å². The molecule has 0 heterocycles. The van der Waals surface area contributed by atoms with E-state index in [2.05, 4.69) is 74.6 Å². The molecule has 0 rings (SSSR count). The zero-order chi connectivity index (χ0) is 44.9. The van der Waals surface area contributed by atoms with Gasteiger partial charge in [-0.1, -0.05) is 171 Å². The zero-order valence-corrected chi connectivity index (χ0v) is 40.1. The Bertz CT molecular complexity index is 1180. The molecule has 61 heavy (non-hydrogen) atoms. The summed E-state index contributed by atoms with van der Waals surface area (Å²) in [6.45, 7) is 4.66. The summed E-state index contributed by atoms with van der Waals surface area (Å²) < 4.78 is 17.3. The lowest BCUT2D eigenvalue weighted by Crippen LogP contribution is -2.50. The first-order chi connectivity index (χ1) is 29.6. The van der Waals surface area contributed by atoms with Crippen molar-refractivity contribution < 1.29 is 38.2 Å². The van der Waals surface area contributed by atoms with Gasteiger partial charge in [0.05, 0.1) is 34.4 Å². The van der Waals surface area contributed by atoms with Crippen molar-refractivity contribution in [3.63, 3.8) is 0 Å². The lowest BCUT2D eigenvalue weighted by Gasteiger charge is -2.31. The van der Waals surface area contributed by atoms with Crippen LogP contribution in [0.5, 0.6) is 0 Å². The number of carbonyl (C=O) groups is 3. The number of ether oxygens (including phenoxy) is 3. The number of carboxylic acid groups (broad SMARTS) is 1. The molecule has 0 amide bonds. The largest absolute Gasteiger partial charge is 0.477 e. The van der Waals surface area contributed by atoms with Gasteiger partial charge in [0, 0.05) is 19.3 Å². The SMILES string of the molecule is CCCCC/C=C/C/C=C/C/C=C/C/C=C/CCCC(=O)OCC(COCCC(C(=O)O)[N+](C)(C)C)OC(=O)CCCCCCCCC/C=C/CCCCCCCCCCC. The van der Waals surface area contributed by atoms with E-state index < -0.39 is 18.1 Å². The van der Waals surface area contributed by atoms with Crippen molar-refractivity contribution in [2.24, 2.45) is 0 Å². The Morgan fingerprint density at radius 2 is 0.885 bits per heavy atom. The monoisotopic (exact) mass is 857 g/mol. The highest BCUT2D eigenvalue weighted by Crippen LogP contribution is 2.14. The zero-order valence-electron chi connectivity index (χ0n) is 40.1. The molecule has 0 radical (unpaired) electrons. The number of hydrogen-bond donors (Lipinski definition) is 1. The molecular formula is C53H94NO7+. The predicted octanol–water partition coefficient (Wildman–Crippen LogP) is 14.1. The van der Waals surface area contributed by atoms with Crippen LogP contribution in [0.3, 0.4) is 0 Å². The highest BCUT2D eigenvalue weighted by atomic mass is 16.6. The van der Waals surface area contributed by atoms with Crippen LogP contribution in [0.2, 0.25) is 0 Å². The molecule has 0 aromatic heterocycles. The van der Waals surface area contributed by atoms with Gasteiger partial charge in [-0.15, -0.1) is 0 Å². The minimum atomic E-state index is -0.883. The van der Waals surface area contributed by atoms with Crippen molar-refractivity contribution in [3.05, 3.63) is 60.8 Å². The molecule has 352 valence electrons. The van der Waals surface area contributed by atoms with Gasteiger partial charge in [0.25, 0.3) is 0 Å². The standard InChI is InChI=1S/C53H93NO7/c1-6-8-10-12-14-16-18-20-22-24-25-26-28-30-32-34-36-38-40-42-44-52(56)61-49(47-59-46-45-50(53(57)58)54(3,4)5)48-60-51(55)43-41-39-37-35-33-31-29-27-23-21-19-17-15-13-11-9-7-2/h15,17,21,23,25-26,29,31,35,37,49-50H,6-14,16,18-20,22,24,27-28,30,32-34,36,38-48H2,1-5H3/p+1/b17-15+,23-21+,26-25+,31-29+,37-35+. The average Bonchev–Trinajstić information content (AvgIpc) is 3.22. The van der Waals surface area contributed by atoms with Crippen LogP contribution in [0.1, 0.15) is 206 Å². The fourth-order valence-corrected chi connectivity index (χ4v) is 7.02. The third-order valence-corrected chi connectivity index (χ3v) is 10.9. The molecule has 8 nitrogen and oxygen atoms in total. The second-order valence-corrected chi connectivity index (χ2v) is 17.7. The summed E-state index contributed by atoms with van der Waals surface area (Å²) in [4.78, 5) is 37.1. The number of allylic oxidation sites excluding steroid dienone is 10. The number of quaternary nitrogens is 1. The number of unbranched alkanes of at least 4 members (excludes halogenated alkanes) is 20. The Labute approximate surface area is 375 Å². The fraction of sp³-hybridized carbons (Fsp3) is 0.755. The lowest BCUT2D eigenvalue weighted by molar-refractivity contribution is -0.887. The summed E-state index contributed by atoms with van der Waals surface area (Å²) in [6.07, 6.45) is 54.2. The Morgan fingerprint density at radius 3 is 1.38 bits per heavy atom. The molecule has 0 saturated carbocycles. The summed E-state index contributed by atoms with van der Waals surface area (Å²) in [5.74, 6) is -1.54. The van der Waals surface area contributed by atoms with Crippen molar-refractivity contribution >= 4 is 17.9 Å². The van der Waals surface area contributed by atoms with Crippen LogP contribution in [0.4, 0.5) is 0 Å². The van der Waals surface area contributed by atoms with Crippen LogP contribution in [0, 0.1) is 0 Å². The molecule has 0 aromatic rings. The molecule has 0 aliphatic rings. The van der Waals surface area contributed by atoms with Crippen LogP contribution in [-0.4, -0.2) is 80.6 Å². The van der Waals surface area contributed by atoms with E-state index in [0.29, 0.717) is 19.3 Å². The number of nitrogens with zero attached hydrogens (tertiary/aromatic N) is 1. The summed E-state index contributed by atoms with van der Waals surface area (Å²) in [6, 6.07) is -0.625. The molecule has 1 N–H and O–H groups in total. The van der Waals surface area contributed by atoms with E-state index in [0.717, 1.165) is 44.9 Å². The molecule has 2 unspecified atom stereocenters. The fourth-order valence-electron chi connectivity index (χ4n) is 7.02. The van der Waals surface area contributed by atoms with Crippen LogP contribution in [0.15, 0.2) is 60.8 Å². The van der Waals surface area contributed by atoms with Crippen LogP contribution in [0.25, 0.3) is 0 Å². The molecule has 0 fully saturated rings. The molecule has 0 saturated heterocycles. The summed E-state index contributed by atoms with van der Waals surface area (Å²) >= 11 is 0. The van der Waals surface area contributed by atoms with Gasteiger partial charge in [-0.2, -0.15) is 0 Å². The quantitative estimate of drug-likeness (QED) is 0.0282. The number of rotatable bonds is 44. The van der Waals surface area contributed by atoms with E-state index >= 15 is 0 Å². The first kappa shape index (κ1) is 58.0. The molecule has 0 spiro atoms. The van der Waals surface area contributed by atoms with Gasteiger partial charge in [-0.25, -0.2) is 4.79 Å². The van der Waals surface area contributed by atoms with Crippen molar-refractivity contribution in [2.45, 2.75) is 219 Å². The number of carbonyl (C=O) groups excluding carboxylic acids is 2. The number of aliphatic carboxylic acids is 1. The first-order valence-corrected chi connectivity index (χ1v) is 24.8. The third-order valence-electron chi connectivity index (χ3n) is 10.9. The van der Waals surface area contributed by atoms with E-state index in [1.807, 2.05) is 21.1 Å².